The molecule has 1 aliphatic heterocycles. The zero-order valence-electron chi connectivity index (χ0n) is 7.97. The number of rotatable bonds is 1. The van der Waals surface area contributed by atoms with E-state index in [-0.39, 0.29) is 12.5 Å². The fourth-order valence-corrected chi connectivity index (χ4v) is 1.31. The number of hydrogen-bond acceptors (Lipinski definition) is 4. The number of piperazine rings is 1. The largest absolute Gasteiger partial charge is 0.394 e. The molecule has 2 amide bonds. The highest BCUT2D eigenvalue weighted by Gasteiger charge is 2.46. The molecule has 1 unspecified atom stereocenters. The standard InChI is InChI=1S/C8H14N2O3/c1-7(2)5(12)9-6(13)8(3,4-11)10-7/h10-11H,4H2,1-3H3,(H,9,12,13). The summed E-state index contributed by atoms with van der Waals surface area (Å²) in [5, 5.41) is 14.0. The highest BCUT2D eigenvalue weighted by molar-refractivity contribution is 6.06. The van der Waals surface area contributed by atoms with Crippen LogP contribution in [0.15, 0.2) is 0 Å². The summed E-state index contributed by atoms with van der Waals surface area (Å²) in [5.41, 5.74) is -1.90. The maximum absolute atomic E-state index is 11.3. The molecule has 74 valence electrons. The fourth-order valence-electron chi connectivity index (χ4n) is 1.31. The molecule has 13 heavy (non-hydrogen) atoms. The van der Waals surface area contributed by atoms with E-state index >= 15 is 0 Å². The average molecular weight is 186 g/mol. The molecule has 0 aromatic heterocycles. The quantitative estimate of drug-likeness (QED) is 0.448. The Bertz CT molecular complexity index is 262. The zero-order chi connectivity index (χ0) is 10.3. The molecule has 0 saturated carbocycles. The molecule has 0 aromatic rings. The van der Waals surface area contributed by atoms with Gasteiger partial charge in [-0.2, -0.15) is 0 Å². The van der Waals surface area contributed by atoms with E-state index in [1.54, 1.807) is 20.8 Å². The van der Waals surface area contributed by atoms with Gasteiger partial charge in [0.25, 0.3) is 0 Å². The molecule has 1 rings (SSSR count). The highest BCUT2D eigenvalue weighted by atomic mass is 16.3. The molecular weight excluding hydrogens is 172 g/mol. The maximum Gasteiger partial charge on any atom is 0.249 e. The third kappa shape index (κ3) is 1.57. The average Bonchev–Trinajstić information content (AvgIpc) is 2.01. The first-order chi connectivity index (χ1) is 5.82. The van der Waals surface area contributed by atoms with Crippen LogP contribution in [-0.4, -0.2) is 34.6 Å². The van der Waals surface area contributed by atoms with Gasteiger partial charge >= 0.3 is 0 Å². The van der Waals surface area contributed by atoms with Crippen LogP contribution in [0.2, 0.25) is 0 Å². The van der Waals surface area contributed by atoms with Crippen LogP contribution in [0, 0.1) is 0 Å². The number of nitrogens with one attached hydrogen (secondary N) is 2. The molecule has 1 saturated heterocycles. The van der Waals surface area contributed by atoms with Crippen molar-refractivity contribution in [3.05, 3.63) is 0 Å². The van der Waals surface area contributed by atoms with Crippen molar-refractivity contribution in [3.8, 4) is 0 Å². The summed E-state index contributed by atoms with van der Waals surface area (Å²) in [7, 11) is 0. The molecule has 0 spiro atoms. The molecule has 1 atom stereocenters. The second-order valence-electron chi connectivity index (χ2n) is 4.02. The number of aliphatic hydroxyl groups excluding tert-OH is 1. The summed E-state index contributed by atoms with van der Waals surface area (Å²) in [6, 6.07) is 0. The van der Waals surface area contributed by atoms with Crippen molar-refractivity contribution in [1.29, 1.82) is 0 Å². The van der Waals surface area contributed by atoms with E-state index in [4.69, 9.17) is 5.11 Å². The Hall–Kier alpha value is -0.940. The van der Waals surface area contributed by atoms with Crippen LogP contribution in [0.5, 0.6) is 0 Å². The van der Waals surface area contributed by atoms with Crippen LogP contribution < -0.4 is 10.6 Å². The fraction of sp³-hybridized carbons (Fsp3) is 0.750. The highest BCUT2D eigenvalue weighted by Crippen LogP contribution is 2.16. The first kappa shape index (κ1) is 10.1. The minimum absolute atomic E-state index is 0.338. The Morgan fingerprint density at radius 1 is 1.23 bits per heavy atom. The van der Waals surface area contributed by atoms with Crippen molar-refractivity contribution in [2.45, 2.75) is 31.8 Å². The number of amides is 2. The van der Waals surface area contributed by atoms with Crippen LogP contribution in [-0.2, 0) is 9.59 Å². The summed E-state index contributed by atoms with van der Waals surface area (Å²) in [5.74, 6) is -0.859. The molecule has 5 heteroatoms. The van der Waals surface area contributed by atoms with E-state index < -0.39 is 17.0 Å². The molecule has 1 aliphatic rings. The molecule has 0 aromatic carbocycles. The van der Waals surface area contributed by atoms with E-state index in [1.165, 1.54) is 0 Å². The van der Waals surface area contributed by atoms with E-state index in [1.807, 2.05) is 0 Å². The monoisotopic (exact) mass is 186 g/mol. The van der Waals surface area contributed by atoms with Crippen LogP contribution in [0.4, 0.5) is 0 Å². The van der Waals surface area contributed by atoms with Gasteiger partial charge in [-0.1, -0.05) is 0 Å². The minimum Gasteiger partial charge on any atom is -0.394 e. The van der Waals surface area contributed by atoms with Crippen LogP contribution >= 0.6 is 0 Å². The summed E-state index contributed by atoms with van der Waals surface area (Å²) in [4.78, 5) is 22.5. The van der Waals surface area contributed by atoms with Crippen molar-refractivity contribution in [2.75, 3.05) is 6.61 Å². The summed E-state index contributed by atoms with van der Waals surface area (Å²) >= 11 is 0. The van der Waals surface area contributed by atoms with Gasteiger partial charge in [0.15, 0.2) is 0 Å². The lowest BCUT2D eigenvalue weighted by Crippen LogP contribution is -2.73. The Morgan fingerprint density at radius 3 is 2.23 bits per heavy atom. The van der Waals surface area contributed by atoms with Gasteiger partial charge in [-0.05, 0) is 20.8 Å². The normalized spacial score (nSPS) is 32.9. The van der Waals surface area contributed by atoms with Gasteiger partial charge in [0, 0.05) is 0 Å². The zero-order valence-corrected chi connectivity index (χ0v) is 7.97. The molecule has 1 heterocycles. The third-order valence-corrected chi connectivity index (χ3v) is 2.20. The number of hydrogen-bond donors (Lipinski definition) is 3. The first-order valence-corrected chi connectivity index (χ1v) is 4.08. The van der Waals surface area contributed by atoms with E-state index in [0.29, 0.717) is 0 Å². The maximum atomic E-state index is 11.3. The predicted octanol–water partition coefficient (Wildman–Crippen LogP) is -1.24. The van der Waals surface area contributed by atoms with E-state index in [2.05, 4.69) is 10.6 Å². The molecule has 0 bridgehead atoms. The van der Waals surface area contributed by atoms with Crippen molar-refractivity contribution in [1.82, 2.24) is 10.6 Å². The lowest BCUT2D eigenvalue weighted by atomic mass is 9.91. The predicted molar refractivity (Wildman–Crippen MR) is 45.9 cm³/mol. The van der Waals surface area contributed by atoms with Gasteiger partial charge in [-0.15, -0.1) is 0 Å². The van der Waals surface area contributed by atoms with Crippen molar-refractivity contribution in [3.63, 3.8) is 0 Å². The molecule has 5 nitrogen and oxygen atoms in total. The topological polar surface area (TPSA) is 78.4 Å². The molecule has 3 N–H and O–H groups in total. The van der Waals surface area contributed by atoms with Gasteiger partial charge in [-0.25, -0.2) is 0 Å². The Labute approximate surface area is 76.5 Å². The molecular formula is C8H14N2O3. The third-order valence-electron chi connectivity index (χ3n) is 2.20. The lowest BCUT2D eigenvalue weighted by molar-refractivity contribution is -0.144. The second-order valence-corrected chi connectivity index (χ2v) is 4.02. The molecule has 0 aliphatic carbocycles. The summed E-state index contributed by atoms with van der Waals surface area (Å²) in [6.45, 7) is 4.53. The van der Waals surface area contributed by atoms with Gasteiger partial charge in [0.2, 0.25) is 11.8 Å². The Balaban J connectivity index is 2.95. The molecule has 0 radical (unpaired) electrons. The number of carbonyl (C=O) groups excluding carboxylic acids is 2. The van der Waals surface area contributed by atoms with Crippen LogP contribution in [0.3, 0.4) is 0 Å². The second kappa shape index (κ2) is 2.78. The number of imide groups is 1. The molecule has 1 fully saturated rings. The minimum atomic E-state index is -1.07. The van der Waals surface area contributed by atoms with Gasteiger partial charge in [-0.3, -0.25) is 20.2 Å². The van der Waals surface area contributed by atoms with Crippen LogP contribution in [0.1, 0.15) is 20.8 Å². The summed E-state index contributed by atoms with van der Waals surface area (Å²) in [6.07, 6.45) is 0. The van der Waals surface area contributed by atoms with Crippen molar-refractivity contribution >= 4 is 11.8 Å². The Morgan fingerprint density at radius 2 is 1.77 bits per heavy atom. The lowest BCUT2D eigenvalue weighted by Gasteiger charge is -2.40. The van der Waals surface area contributed by atoms with Crippen molar-refractivity contribution < 1.29 is 14.7 Å². The SMILES string of the molecule is CC1(C)NC(C)(CO)C(=O)NC1=O. The first-order valence-electron chi connectivity index (χ1n) is 4.08. The van der Waals surface area contributed by atoms with E-state index in [9.17, 15) is 9.59 Å². The number of aliphatic hydroxyl groups is 1. The summed E-state index contributed by atoms with van der Waals surface area (Å²) < 4.78 is 0. The number of carbonyl (C=O) groups is 2. The Kier molecular flexibility index (Phi) is 2.17. The van der Waals surface area contributed by atoms with E-state index in [0.717, 1.165) is 0 Å². The van der Waals surface area contributed by atoms with Gasteiger partial charge < -0.3 is 5.11 Å². The van der Waals surface area contributed by atoms with Crippen molar-refractivity contribution in [2.24, 2.45) is 0 Å². The van der Waals surface area contributed by atoms with Gasteiger partial charge in [0.1, 0.15) is 5.54 Å². The smallest absolute Gasteiger partial charge is 0.249 e. The van der Waals surface area contributed by atoms with Crippen LogP contribution in [0.25, 0.3) is 0 Å². The van der Waals surface area contributed by atoms with Gasteiger partial charge in [0.05, 0.1) is 12.1 Å².